The summed E-state index contributed by atoms with van der Waals surface area (Å²) in [6, 6.07) is 0. The maximum atomic E-state index is 11.8. The van der Waals surface area contributed by atoms with Crippen molar-refractivity contribution in [2.24, 2.45) is 5.92 Å². The van der Waals surface area contributed by atoms with Gasteiger partial charge in [0, 0.05) is 38.0 Å². The third-order valence-electron chi connectivity index (χ3n) is 3.80. The molecule has 1 atom stereocenters. The van der Waals surface area contributed by atoms with Crippen LogP contribution in [0.3, 0.4) is 0 Å². The van der Waals surface area contributed by atoms with Gasteiger partial charge < -0.3 is 4.74 Å². The Balaban J connectivity index is 4.04. The van der Waals surface area contributed by atoms with E-state index >= 15 is 0 Å². The number of ketones is 3. The van der Waals surface area contributed by atoms with Gasteiger partial charge in [0.15, 0.2) is 0 Å². The zero-order valence-corrected chi connectivity index (χ0v) is 14.9. The Morgan fingerprint density at radius 3 is 1.96 bits per heavy atom. The first-order chi connectivity index (χ1) is 10.8. The second-order valence-corrected chi connectivity index (χ2v) is 6.11. The highest BCUT2D eigenvalue weighted by Crippen LogP contribution is 2.12. The molecule has 132 valence electrons. The molecule has 0 aliphatic carbocycles. The molecule has 0 amide bonds. The number of esters is 1. The van der Waals surface area contributed by atoms with Crippen LogP contribution in [0.1, 0.15) is 79.1 Å². The van der Waals surface area contributed by atoms with Crippen LogP contribution in [0.25, 0.3) is 0 Å². The van der Waals surface area contributed by atoms with Gasteiger partial charge in [-0.15, -0.1) is 0 Å². The predicted octanol–water partition coefficient (Wildman–Crippen LogP) is 3.42. The molecule has 5 heteroatoms. The minimum atomic E-state index is -0.388. The summed E-state index contributed by atoms with van der Waals surface area (Å²) in [5.41, 5.74) is 0. The Bertz CT molecular complexity index is 412. The first kappa shape index (κ1) is 21.5. The fourth-order valence-electron chi connectivity index (χ4n) is 2.01. The van der Waals surface area contributed by atoms with Crippen molar-refractivity contribution in [2.75, 3.05) is 0 Å². The van der Waals surface area contributed by atoms with Crippen LogP contribution in [0.4, 0.5) is 0 Å². The quantitative estimate of drug-likeness (QED) is 0.485. The number of rotatable bonds is 13. The average molecular weight is 326 g/mol. The molecule has 0 rings (SSSR count). The van der Waals surface area contributed by atoms with Gasteiger partial charge in [-0.1, -0.05) is 27.7 Å². The standard InChI is InChI=1S/C18H30O5/c1-5-14(19)9-12-18(22)23-16(6-2)10-7-15(20)8-11-17(21)13(3)4/h13,16H,5-12H2,1-4H3. The summed E-state index contributed by atoms with van der Waals surface area (Å²) in [5, 5.41) is 0. The SMILES string of the molecule is CCC(=O)CCC(=O)OC(CC)CCC(=O)CCC(=O)C(C)C. The van der Waals surface area contributed by atoms with Crippen LogP contribution in [-0.4, -0.2) is 29.4 Å². The molecule has 0 aliphatic rings. The second-order valence-electron chi connectivity index (χ2n) is 6.11. The Kier molecular flexibility index (Phi) is 11.2. The predicted molar refractivity (Wildman–Crippen MR) is 88.0 cm³/mol. The molecule has 0 aliphatic heterocycles. The molecule has 0 fully saturated rings. The first-order valence-electron chi connectivity index (χ1n) is 8.55. The Hall–Kier alpha value is -1.52. The summed E-state index contributed by atoms with van der Waals surface area (Å²) in [5.74, 6) is -0.272. The monoisotopic (exact) mass is 326 g/mol. The van der Waals surface area contributed by atoms with Crippen molar-refractivity contribution in [3.63, 3.8) is 0 Å². The lowest BCUT2D eigenvalue weighted by Crippen LogP contribution is -2.19. The van der Waals surface area contributed by atoms with Gasteiger partial charge in [0.25, 0.3) is 0 Å². The summed E-state index contributed by atoms with van der Waals surface area (Å²) in [4.78, 5) is 46.1. The molecule has 0 radical (unpaired) electrons. The molecule has 0 aromatic carbocycles. The van der Waals surface area contributed by atoms with Crippen LogP contribution in [0.2, 0.25) is 0 Å². The molecule has 0 spiro atoms. The molecule has 0 aromatic rings. The van der Waals surface area contributed by atoms with E-state index in [2.05, 4.69) is 0 Å². The van der Waals surface area contributed by atoms with Crippen molar-refractivity contribution in [1.29, 1.82) is 0 Å². The Morgan fingerprint density at radius 1 is 0.826 bits per heavy atom. The number of carbonyl (C=O) groups is 4. The van der Waals surface area contributed by atoms with Gasteiger partial charge >= 0.3 is 5.97 Å². The Labute approximate surface area is 139 Å². The fraction of sp³-hybridized carbons (Fsp3) is 0.778. The molecule has 0 bridgehead atoms. The maximum Gasteiger partial charge on any atom is 0.306 e. The lowest BCUT2D eigenvalue weighted by Gasteiger charge is -2.15. The van der Waals surface area contributed by atoms with Gasteiger partial charge in [0.05, 0.1) is 6.42 Å². The van der Waals surface area contributed by atoms with Crippen LogP contribution in [0.5, 0.6) is 0 Å². The van der Waals surface area contributed by atoms with Crippen LogP contribution < -0.4 is 0 Å². The van der Waals surface area contributed by atoms with E-state index in [0.29, 0.717) is 25.7 Å². The fourth-order valence-corrected chi connectivity index (χ4v) is 2.01. The molecule has 0 saturated heterocycles. The lowest BCUT2D eigenvalue weighted by molar-refractivity contribution is -0.151. The van der Waals surface area contributed by atoms with Crippen LogP contribution in [0.15, 0.2) is 0 Å². The number of hydrogen-bond acceptors (Lipinski definition) is 5. The molecule has 0 heterocycles. The molecule has 0 saturated carbocycles. The first-order valence-corrected chi connectivity index (χ1v) is 8.55. The highest BCUT2D eigenvalue weighted by Gasteiger charge is 2.16. The van der Waals surface area contributed by atoms with Crippen LogP contribution in [0, 0.1) is 5.92 Å². The number of Topliss-reactive ketones (excluding diaryl/α,β-unsaturated/α-hetero) is 3. The number of ether oxygens (including phenoxy) is 1. The number of carbonyl (C=O) groups excluding carboxylic acids is 4. The Morgan fingerprint density at radius 2 is 1.43 bits per heavy atom. The van der Waals surface area contributed by atoms with Crippen molar-refractivity contribution < 1.29 is 23.9 Å². The third kappa shape index (κ3) is 10.8. The molecule has 0 N–H and O–H groups in total. The van der Waals surface area contributed by atoms with E-state index in [-0.39, 0.29) is 61.0 Å². The second kappa shape index (κ2) is 12.0. The van der Waals surface area contributed by atoms with Crippen LogP contribution >= 0.6 is 0 Å². The normalized spacial score (nSPS) is 12.0. The van der Waals surface area contributed by atoms with Crippen molar-refractivity contribution in [3.8, 4) is 0 Å². The summed E-state index contributed by atoms with van der Waals surface area (Å²) in [7, 11) is 0. The van der Waals surface area contributed by atoms with E-state index in [9.17, 15) is 19.2 Å². The van der Waals surface area contributed by atoms with E-state index in [4.69, 9.17) is 4.74 Å². The van der Waals surface area contributed by atoms with Gasteiger partial charge in [-0.05, 0) is 12.8 Å². The van der Waals surface area contributed by atoms with Gasteiger partial charge in [-0.25, -0.2) is 0 Å². The van der Waals surface area contributed by atoms with Crippen molar-refractivity contribution in [1.82, 2.24) is 0 Å². The topological polar surface area (TPSA) is 77.5 Å². The smallest absolute Gasteiger partial charge is 0.306 e. The summed E-state index contributed by atoms with van der Waals surface area (Å²) < 4.78 is 5.30. The van der Waals surface area contributed by atoms with Gasteiger partial charge in [-0.3, -0.25) is 19.2 Å². The zero-order chi connectivity index (χ0) is 17.8. The van der Waals surface area contributed by atoms with Gasteiger partial charge in [0.1, 0.15) is 23.5 Å². The highest BCUT2D eigenvalue weighted by atomic mass is 16.5. The minimum Gasteiger partial charge on any atom is -0.462 e. The van der Waals surface area contributed by atoms with E-state index in [1.54, 1.807) is 6.92 Å². The van der Waals surface area contributed by atoms with E-state index < -0.39 is 0 Å². The summed E-state index contributed by atoms with van der Waals surface area (Å²) >= 11 is 0. The zero-order valence-electron chi connectivity index (χ0n) is 14.9. The molecular weight excluding hydrogens is 296 g/mol. The highest BCUT2D eigenvalue weighted by molar-refractivity contribution is 5.87. The summed E-state index contributed by atoms with van der Waals surface area (Å²) in [6.07, 6.45) is 2.38. The van der Waals surface area contributed by atoms with Crippen molar-refractivity contribution in [3.05, 3.63) is 0 Å². The maximum absolute atomic E-state index is 11.8. The lowest BCUT2D eigenvalue weighted by atomic mass is 10.0. The van der Waals surface area contributed by atoms with Crippen LogP contribution in [-0.2, 0) is 23.9 Å². The van der Waals surface area contributed by atoms with Gasteiger partial charge in [0.2, 0.25) is 0 Å². The molecule has 1 unspecified atom stereocenters. The molecule has 23 heavy (non-hydrogen) atoms. The van der Waals surface area contributed by atoms with E-state index in [0.717, 1.165) is 0 Å². The molecule has 0 aromatic heterocycles. The van der Waals surface area contributed by atoms with Crippen molar-refractivity contribution >= 4 is 23.3 Å². The minimum absolute atomic E-state index is 0.0228. The largest absolute Gasteiger partial charge is 0.462 e. The average Bonchev–Trinajstić information content (AvgIpc) is 2.53. The van der Waals surface area contributed by atoms with E-state index in [1.807, 2.05) is 20.8 Å². The van der Waals surface area contributed by atoms with E-state index in [1.165, 1.54) is 0 Å². The van der Waals surface area contributed by atoms with Gasteiger partial charge in [-0.2, -0.15) is 0 Å². The molecule has 5 nitrogen and oxygen atoms in total. The third-order valence-corrected chi connectivity index (χ3v) is 3.80. The molecular formula is C18H30O5. The van der Waals surface area contributed by atoms with Crippen molar-refractivity contribution in [2.45, 2.75) is 85.2 Å². The number of hydrogen-bond donors (Lipinski definition) is 0. The summed E-state index contributed by atoms with van der Waals surface area (Å²) in [6.45, 7) is 7.30.